The quantitative estimate of drug-likeness (QED) is 0.600. The topological polar surface area (TPSA) is 12.9 Å². The average Bonchev–Trinajstić information content (AvgIpc) is 2.86. The van der Waals surface area contributed by atoms with Gasteiger partial charge in [0.2, 0.25) is 0 Å². The molecular formula is C11H7NS2. The molecule has 3 rings (SSSR count). The lowest BCUT2D eigenvalue weighted by Crippen LogP contribution is -1.65. The molecule has 0 fully saturated rings. The molecule has 0 aromatic carbocycles. The van der Waals surface area contributed by atoms with E-state index < -0.39 is 0 Å². The molecule has 3 aromatic heterocycles. The van der Waals surface area contributed by atoms with Gasteiger partial charge in [-0.25, -0.2) is 4.98 Å². The van der Waals surface area contributed by atoms with Crippen molar-refractivity contribution in [2.45, 2.75) is 0 Å². The first-order valence-electron chi connectivity index (χ1n) is 4.32. The summed E-state index contributed by atoms with van der Waals surface area (Å²) in [6, 6.07) is 10.5. The molecule has 1 nitrogen and oxygen atoms in total. The smallest absolute Gasteiger partial charge is 0.123 e. The van der Waals surface area contributed by atoms with Crippen LogP contribution in [-0.4, -0.2) is 4.98 Å². The highest BCUT2D eigenvalue weighted by atomic mass is 32.1. The predicted octanol–water partition coefficient (Wildman–Crippen LogP) is 4.02. The summed E-state index contributed by atoms with van der Waals surface area (Å²) >= 11 is 3.53. The van der Waals surface area contributed by atoms with Gasteiger partial charge in [-0.05, 0) is 23.6 Å². The second kappa shape index (κ2) is 3.19. The van der Waals surface area contributed by atoms with E-state index in [0.29, 0.717) is 0 Å². The Morgan fingerprint density at radius 2 is 2.07 bits per heavy atom. The fourth-order valence-electron chi connectivity index (χ4n) is 1.41. The first-order valence-corrected chi connectivity index (χ1v) is 6.01. The van der Waals surface area contributed by atoms with Crippen LogP contribution in [0.15, 0.2) is 41.9 Å². The second-order valence-electron chi connectivity index (χ2n) is 2.99. The number of hydrogen-bond donors (Lipinski definition) is 0. The first-order chi connectivity index (χ1) is 6.93. The van der Waals surface area contributed by atoms with Gasteiger partial charge in [0.05, 0.1) is 0 Å². The number of rotatable bonds is 1. The van der Waals surface area contributed by atoms with E-state index in [2.05, 4.69) is 34.6 Å². The van der Waals surface area contributed by atoms with Crippen LogP contribution in [0.3, 0.4) is 0 Å². The van der Waals surface area contributed by atoms with Crippen molar-refractivity contribution >= 4 is 32.9 Å². The number of thiophene rings is 2. The summed E-state index contributed by atoms with van der Waals surface area (Å²) in [5, 5.41) is 3.34. The van der Waals surface area contributed by atoms with Crippen molar-refractivity contribution in [3.8, 4) is 9.75 Å². The maximum absolute atomic E-state index is 4.33. The van der Waals surface area contributed by atoms with Gasteiger partial charge in [0.1, 0.15) is 4.83 Å². The largest absolute Gasteiger partial charge is 0.245 e. The van der Waals surface area contributed by atoms with Crippen molar-refractivity contribution in [1.82, 2.24) is 4.98 Å². The Balaban J connectivity index is 2.24. The molecule has 0 unspecified atom stereocenters. The monoisotopic (exact) mass is 217 g/mol. The molecule has 0 saturated carbocycles. The van der Waals surface area contributed by atoms with Crippen LogP contribution in [0.25, 0.3) is 20.0 Å². The summed E-state index contributed by atoms with van der Waals surface area (Å²) in [5.41, 5.74) is 0. The van der Waals surface area contributed by atoms with Gasteiger partial charge in [-0.1, -0.05) is 12.1 Å². The van der Waals surface area contributed by atoms with Crippen LogP contribution in [0.1, 0.15) is 0 Å². The maximum atomic E-state index is 4.33. The molecule has 0 bridgehead atoms. The van der Waals surface area contributed by atoms with Gasteiger partial charge in [0, 0.05) is 21.3 Å². The zero-order chi connectivity index (χ0) is 9.38. The molecule has 14 heavy (non-hydrogen) atoms. The SMILES string of the molecule is c1csc(-c2cc3cccnc3s2)c1. The lowest BCUT2D eigenvalue weighted by Gasteiger charge is -1.85. The summed E-state index contributed by atoms with van der Waals surface area (Å²) in [5.74, 6) is 0. The standard InChI is InChI=1S/C11H7NS2/c1-3-8-7-10(9-4-2-6-13-9)14-11(8)12-5-1/h1-7H. The minimum Gasteiger partial charge on any atom is -0.245 e. The highest BCUT2D eigenvalue weighted by Gasteiger charge is 2.04. The lowest BCUT2D eigenvalue weighted by molar-refractivity contribution is 1.45. The van der Waals surface area contributed by atoms with E-state index in [1.54, 1.807) is 22.7 Å². The van der Waals surface area contributed by atoms with E-state index in [4.69, 9.17) is 0 Å². The summed E-state index contributed by atoms with van der Waals surface area (Å²) in [4.78, 5) is 8.10. The van der Waals surface area contributed by atoms with Crippen molar-refractivity contribution in [3.05, 3.63) is 41.9 Å². The molecule has 0 radical (unpaired) electrons. The molecule has 0 N–H and O–H groups in total. The van der Waals surface area contributed by atoms with E-state index in [9.17, 15) is 0 Å². The molecule has 0 atom stereocenters. The number of pyridine rings is 1. The minimum absolute atomic E-state index is 1.12. The normalized spacial score (nSPS) is 10.9. The third-order valence-electron chi connectivity index (χ3n) is 2.06. The fraction of sp³-hybridized carbons (Fsp3) is 0. The highest BCUT2D eigenvalue weighted by Crippen LogP contribution is 2.34. The van der Waals surface area contributed by atoms with Crippen LogP contribution < -0.4 is 0 Å². The van der Waals surface area contributed by atoms with Crippen LogP contribution >= 0.6 is 22.7 Å². The number of nitrogens with zero attached hydrogens (tertiary/aromatic N) is 1. The zero-order valence-corrected chi connectivity index (χ0v) is 8.94. The van der Waals surface area contributed by atoms with Crippen LogP contribution in [-0.2, 0) is 0 Å². The Hall–Kier alpha value is -1.19. The molecule has 3 aromatic rings. The summed E-state index contributed by atoms with van der Waals surface area (Å²) in [7, 11) is 0. The fourth-order valence-corrected chi connectivity index (χ4v) is 3.24. The third-order valence-corrected chi connectivity index (χ3v) is 4.18. The molecule has 0 aliphatic heterocycles. The summed E-state index contributed by atoms with van der Waals surface area (Å²) in [6.45, 7) is 0. The number of fused-ring (bicyclic) bond motifs is 1. The molecule has 0 aliphatic rings. The van der Waals surface area contributed by atoms with E-state index in [1.807, 2.05) is 12.3 Å². The molecule has 3 heterocycles. The Bertz CT molecular complexity index is 518. The molecule has 3 heteroatoms. The van der Waals surface area contributed by atoms with Gasteiger partial charge in [0.15, 0.2) is 0 Å². The van der Waals surface area contributed by atoms with Crippen LogP contribution in [0.5, 0.6) is 0 Å². The van der Waals surface area contributed by atoms with E-state index in [1.165, 1.54) is 15.1 Å². The van der Waals surface area contributed by atoms with Crippen molar-refractivity contribution < 1.29 is 0 Å². The molecule has 0 aliphatic carbocycles. The Morgan fingerprint density at radius 3 is 2.86 bits per heavy atom. The van der Waals surface area contributed by atoms with Crippen molar-refractivity contribution in [3.63, 3.8) is 0 Å². The molecular weight excluding hydrogens is 210 g/mol. The molecule has 0 spiro atoms. The summed E-state index contributed by atoms with van der Waals surface area (Å²) < 4.78 is 0. The van der Waals surface area contributed by atoms with Gasteiger partial charge in [0.25, 0.3) is 0 Å². The van der Waals surface area contributed by atoms with E-state index in [-0.39, 0.29) is 0 Å². The van der Waals surface area contributed by atoms with Gasteiger partial charge < -0.3 is 0 Å². The third kappa shape index (κ3) is 1.25. The van der Waals surface area contributed by atoms with Crippen LogP contribution in [0.4, 0.5) is 0 Å². The zero-order valence-electron chi connectivity index (χ0n) is 7.31. The van der Waals surface area contributed by atoms with Gasteiger partial charge in [-0.15, -0.1) is 22.7 Å². The van der Waals surface area contributed by atoms with Crippen molar-refractivity contribution in [1.29, 1.82) is 0 Å². The Kier molecular flexibility index (Phi) is 1.85. The van der Waals surface area contributed by atoms with Gasteiger partial charge >= 0.3 is 0 Å². The highest BCUT2D eigenvalue weighted by molar-refractivity contribution is 7.25. The molecule has 0 saturated heterocycles. The Labute approximate surface area is 89.7 Å². The van der Waals surface area contributed by atoms with Crippen LogP contribution in [0, 0.1) is 0 Å². The van der Waals surface area contributed by atoms with Gasteiger partial charge in [-0.3, -0.25) is 0 Å². The van der Waals surface area contributed by atoms with Crippen molar-refractivity contribution in [2.24, 2.45) is 0 Å². The molecule has 0 amide bonds. The predicted molar refractivity (Wildman–Crippen MR) is 62.9 cm³/mol. The average molecular weight is 217 g/mol. The second-order valence-corrected chi connectivity index (χ2v) is 4.96. The number of hydrogen-bond acceptors (Lipinski definition) is 3. The lowest BCUT2D eigenvalue weighted by atomic mass is 10.3. The number of aromatic nitrogens is 1. The minimum atomic E-state index is 1.12. The first kappa shape index (κ1) is 8.15. The Morgan fingerprint density at radius 1 is 1.07 bits per heavy atom. The van der Waals surface area contributed by atoms with Gasteiger partial charge in [-0.2, -0.15) is 0 Å². The van der Waals surface area contributed by atoms with E-state index in [0.717, 1.165) is 4.83 Å². The maximum Gasteiger partial charge on any atom is 0.123 e. The van der Waals surface area contributed by atoms with Crippen LogP contribution in [0.2, 0.25) is 0 Å². The summed E-state index contributed by atoms with van der Waals surface area (Å²) in [6.07, 6.45) is 1.84. The van der Waals surface area contributed by atoms with Crippen molar-refractivity contribution in [2.75, 3.05) is 0 Å². The molecule has 68 valence electrons. The van der Waals surface area contributed by atoms with E-state index >= 15 is 0 Å².